The minimum absolute atomic E-state index is 0.0563. The number of aryl methyl sites for hydroxylation is 1. The first kappa shape index (κ1) is 25.3. The van der Waals surface area contributed by atoms with Crippen LogP contribution in [0.4, 0.5) is 0 Å². The average molecular weight is 491 g/mol. The van der Waals surface area contributed by atoms with Crippen LogP contribution in [-0.2, 0) is 16.0 Å². The molecule has 4 atom stereocenters. The number of benzene rings is 2. The Morgan fingerprint density at radius 1 is 0.972 bits per heavy atom. The third-order valence-corrected chi connectivity index (χ3v) is 6.63. The van der Waals surface area contributed by atoms with Gasteiger partial charge >= 0.3 is 11.9 Å². The summed E-state index contributed by atoms with van der Waals surface area (Å²) in [4.78, 5) is 24.3. The quantitative estimate of drug-likeness (QED) is 0.198. The summed E-state index contributed by atoms with van der Waals surface area (Å²) < 4.78 is 11.0. The lowest BCUT2D eigenvalue weighted by molar-refractivity contribution is -0.139. The standard InChI is InChI=1S/C29H30O7/c30-24(11-5-4-9-22-10-6-16-35-22)28-23(17-27(32)33)25(31)18-26(28)36-29(34)21-14-12-20(13-15-21)19-7-2-1-3-8-19/h1-3,6-8,10-16,23,25-26,28,30-31H,4-5,9,17-18H2,(H,32,33)/t23-,25-,26+,28-/m0/s1. The van der Waals surface area contributed by atoms with E-state index in [1.807, 2.05) is 54.6 Å². The van der Waals surface area contributed by atoms with Crippen LogP contribution in [-0.4, -0.2) is 39.5 Å². The number of ether oxygens (including phenoxy) is 1. The summed E-state index contributed by atoms with van der Waals surface area (Å²) >= 11 is 0. The maximum absolute atomic E-state index is 12.9. The lowest BCUT2D eigenvalue weighted by Gasteiger charge is -2.24. The molecule has 1 aromatic heterocycles. The van der Waals surface area contributed by atoms with Crippen molar-refractivity contribution < 1.29 is 34.1 Å². The van der Waals surface area contributed by atoms with E-state index < -0.39 is 36.0 Å². The molecule has 4 rings (SSSR count). The highest BCUT2D eigenvalue weighted by molar-refractivity contribution is 5.90. The van der Waals surface area contributed by atoms with E-state index >= 15 is 0 Å². The van der Waals surface area contributed by atoms with Crippen molar-refractivity contribution in [3.8, 4) is 11.1 Å². The van der Waals surface area contributed by atoms with Gasteiger partial charge in [0.25, 0.3) is 0 Å². The Hall–Kier alpha value is -3.84. The van der Waals surface area contributed by atoms with Gasteiger partial charge < -0.3 is 24.5 Å². The van der Waals surface area contributed by atoms with Crippen LogP contribution in [0.2, 0.25) is 0 Å². The summed E-state index contributed by atoms with van der Waals surface area (Å²) in [6.45, 7) is 0. The van der Waals surface area contributed by atoms with Gasteiger partial charge in [-0.15, -0.1) is 0 Å². The first-order valence-corrected chi connectivity index (χ1v) is 12.1. The number of furan rings is 1. The first-order valence-electron chi connectivity index (χ1n) is 12.1. The topological polar surface area (TPSA) is 117 Å². The van der Waals surface area contributed by atoms with Crippen molar-refractivity contribution >= 4 is 11.9 Å². The van der Waals surface area contributed by atoms with Gasteiger partial charge in [0.1, 0.15) is 11.9 Å². The van der Waals surface area contributed by atoms with Crippen LogP contribution in [0, 0.1) is 11.8 Å². The van der Waals surface area contributed by atoms with Crippen molar-refractivity contribution in [1.29, 1.82) is 0 Å². The van der Waals surface area contributed by atoms with Crippen molar-refractivity contribution in [2.45, 2.75) is 44.3 Å². The molecular formula is C29H30O7. The Morgan fingerprint density at radius 2 is 1.69 bits per heavy atom. The molecule has 1 heterocycles. The first-order chi connectivity index (χ1) is 17.4. The van der Waals surface area contributed by atoms with Crippen molar-refractivity contribution in [2.75, 3.05) is 0 Å². The number of rotatable bonds is 10. The fraction of sp³-hybridized carbons (Fsp3) is 0.310. The molecule has 2 aromatic carbocycles. The number of carbonyl (C=O) groups excluding carboxylic acids is 1. The molecule has 1 aliphatic carbocycles. The molecule has 0 radical (unpaired) electrons. The average Bonchev–Trinajstić information content (AvgIpc) is 3.50. The van der Waals surface area contributed by atoms with E-state index in [0.29, 0.717) is 24.8 Å². The Labute approximate surface area is 209 Å². The second kappa shape index (κ2) is 11.7. The van der Waals surface area contributed by atoms with E-state index in [4.69, 9.17) is 9.15 Å². The highest BCUT2D eigenvalue weighted by atomic mass is 16.5. The van der Waals surface area contributed by atoms with E-state index in [9.17, 15) is 24.9 Å². The van der Waals surface area contributed by atoms with Crippen molar-refractivity contribution in [3.63, 3.8) is 0 Å². The maximum Gasteiger partial charge on any atom is 0.338 e. The number of aliphatic hydroxyl groups excluding tert-OH is 2. The number of carbonyl (C=O) groups is 2. The lowest BCUT2D eigenvalue weighted by atomic mass is 9.88. The van der Waals surface area contributed by atoms with Gasteiger partial charge in [-0.05, 0) is 54.3 Å². The zero-order valence-electron chi connectivity index (χ0n) is 19.8. The molecular weight excluding hydrogens is 460 g/mol. The predicted molar refractivity (Wildman–Crippen MR) is 133 cm³/mol. The number of esters is 1. The van der Waals surface area contributed by atoms with Crippen LogP contribution in [0.5, 0.6) is 0 Å². The van der Waals surface area contributed by atoms with E-state index in [1.54, 1.807) is 24.5 Å². The van der Waals surface area contributed by atoms with Gasteiger partial charge in [0, 0.05) is 18.8 Å². The summed E-state index contributed by atoms with van der Waals surface area (Å²) in [7, 11) is 0. The Kier molecular flexibility index (Phi) is 8.23. The molecule has 0 bridgehead atoms. The Morgan fingerprint density at radius 3 is 2.36 bits per heavy atom. The summed E-state index contributed by atoms with van der Waals surface area (Å²) in [5.41, 5.74) is 2.32. The molecule has 3 aromatic rings. The fourth-order valence-electron chi connectivity index (χ4n) is 4.82. The molecule has 0 aliphatic heterocycles. The second-order valence-electron chi connectivity index (χ2n) is 9.08. The number of unbranched alkanes of at least 4 members (excludes halogenated alkanes) is 1. The minimum Gasteiger partial charge on any atom is -0.512 e. The smallest absolute Gasteiger partial charge is 0.338 e. The molecule has 0 saturated heterocycles. The van der Waals surface area contributed by atoms with Crippen molar-refractivity contribution in [2.24, 2.45) is 11.8 Å². The summed E-state index contributed by atoms with van der Waals surface area (Å²) in [5.74, 6) is -2.45. The van der Waals surface area contributed by atoms with Crippen LogP contribution in [0.15, 0.2) is 89.2 Å². The van der Waals surface area contributed by atoms with Crippen LogP contribution in [0.25, 0.3) is 11.1 Å². The summed E-state index contributed by atoms with van der Waals surface area (Å²) in [6.07, 6.45) is 3.03. The molecule has 1 fully saturated rings. The number of aliphatic hydroxyl groups is 2. The fourth-order valence-corrected chi connectivity index (χ4v) is 4.82. The SMILES string of the molecule is O=C(O)C[C@@H]1[C@@H](C(O)=CCCCc2ccco2)[C@H](OC(=O)c2ccc(-c3ccccc3)cc2)C[C@@H]1O. The van der Waals surface area contributed by atoms with Crippen LogP contribution >= 0.6 is 0 Å². The molecule has 36 heavy (non-hydrogen) atoms. The number of aliphatic carboxylic acids is 1. The Bertz CT molecular complexity index is 1170. The molecule has 1 aliphatic rings. The third kappa shape index (κ3) is 6.23. The number of hydrogen-bond donors (Lipinski definition) is 3. The normalized spacial score (nSPS) is 21.9. The number of hydrogen-bond acceptors (Lipinski definition) is 6. The number of carboxylic acids is 1. The van der Waals surface area contributed by atoms with Gasteiger partial charge in [-0.3, -0.25) is 4.79 Å². The summed E-state index contributed by atoms with van der Waals surface area (Å²) in [5, 5.41) is 30.8. The molecule has 1 saturated carbocycles. The van der Waals surface area contributed by atoms with E-state index in [0.717, 1.165) is 16.9 Å². The zero-order chi connectivity index (χ0) is 25.5. The van der Waals surface area contributed by atoms with Crippen LogP contribution in [0.1, 0.15) is 41.8 Å². The van der Waals surface area contributed by atoms with E-state index in [1.165, 1.54) is 0 Å². The molecule has 0 unspecified atom stereocenters. The molecule has 0 spiro atoms. The summed E-state index contributed by atoms with van der Waals surface area (Å²) in [6, 6.07) is 20.5. The zero-order valence-corrected chi connectivity index (χ0v) is 19.8. The lowest BCUT2D eigenvalue weighted by Crippen LogP contribution is -2.29. The van der Waals surface area contributed by atoms with Gasteiger partial charge in [0.2, 0.25) is 0 Å². The molecule has 188 valence electrons. The molecule has 0 amide bonds. The van der Waals surface area contributed by atoms with Gasteiger partial charge in [0.15, 0.2) is 0 Å². The van der Waals surface area contributed by atoms with E-state index in [2.05, 4.69) is 0 Å². The molecule has 7 heteroatoms. The maximum atomic E-state index is 12.9. The van der Waals surface area contributed by atoms with Gasteiger partial charge in [-0.25, -0.2) is 4.79 Å². The second-order valence-corrected chi connectivity index (χ2v) is 9.08. The monoisotopic (exact) mass is 490 g/mol. The highest BCUT2D eigenvalue weighted by Crippen LogP contribution is 2.41. The van der Waals surface area contributed by atoms with Gasteiger partial charge in [0.05, 0.1) is 36.0 Å². The predicted octanol–water partition coefficient (Wildman–Crippen LogP) is 5.41. The third-order valence-electron chi connectivity index (χ3n) is 6.63. The highest BCUT2D eigenvalue weighted by Gasteiger charge is 2.47. The van der Waals surface area contributed by atoms with Crippen molar-refractivity contribution in [3.05, 3.63) is 96.2 Å². The van der Waals surface area contributed by atoms with Gasteiger partial charge in [-0.2, -0.15) is 0 Å². The molecule has 7 nitrogen and oxygen atoms in total. The minimum atomic E-state index is -1.09. The van der Waals surface area contributed by atoms with Gasteiger partial charge in [-0.1, -0.05) is 42.5 Å². The van der Waals surface area contributed by atoms with Crippen LogP contribution < -0.4 is 0 Å². The number of carboxylic acid groups (broad SMARTS) is 1. The van der Waals surface area contributed by atoms with E-state index in [-0.39, 0.29) is 18.6 Å². The number of allylic oxidation sites excluding steroid dienone is 1. The largest absolute Gasteiger partial charge is 0.512 e. The molecule has 3 N–H and O–H groups in total. The van der Waals surface area contributed by atoms with Crippen LogP contribution in [0.3, 0.4) is 0 Å². The Balaban J connectivity index is 1.45. The van der Waals surface area contributed by atoms with Crippen molar-refractivity contribution in [1.82, 2.24) is 0 Å².